The van der Waals surface area contributed by atoms with E-state index in [0.717, 1.165) is 77.0 Å². The second-order valence-corrected chi connectivity index (χ2v) is 25.3. The molecule has 1 saturated heterocycles. The molecule has 7 unspecified atom stereocenters. The topological polar surface area (TPSA) is 175 Å². The number of allylic oxidation sites excluding steroid dienone is 11. The number of hydrogen-bond acceptors (Lipinski definition) is 10. The van der Waals surface area contributed by atoms with Crippen LogP contribution >= 0.6 is 0 Å². The van der Waals surface area contributed by atoms with E-state index in [1.54, 1.807) is 6.08 Å². The molecular weight excluding hydrogens is 1090 g/mol. The van der Waals surface area contributed by atoms with Crippen LogP contribution in [0.3, 0.4) is 0 Å². The predicted octanol–water partition coefficient (Wildman–Crippen LogP) is 19.1. The summed E-state index contributed by atoms with van der Waals surface area (Å²) >= 11 is 0. The molecule has 506 valence electrons. The number of esters is 1. The smallest absolute Gasteiger partial charge is 0.305 e. The number of nitrogens with one attached hydrogen (secondary N) is 1. The van der Waals surface area contributed by atoms with E-state index in [1.165, 1.54) is 231 Å². The standard InChI is InChI=1S/C76H137NO10/c1-3-5-7-9-11-13-15-42-46-50-54-58-62-69(79)68(67-86-76-75(84)74(83)73(82)70(66-78)87-76)77-71(80)63-59-55-51-47-43-40-38-36-34-32-30-28-26-24-22-20-18-17-19-21-23-25-27-29-31-33-35-37-39-41-45-49-53-57-61-65-85-72(81)64-60-56-52-48-44-16-14-12-10-8-6-4-2/h9,11-12,14,19,21,25,27,42,46,58,62,68-70,73-76,78-79,82-84H,3-8,10,13,15-18,20,22-24,26,28-41,43-45,47-57,59-61,63-67H2,1-2H3,(H,77,80)/b11-9+,14-12-,21-19-,27-25-,46-42+,62-58+. The highest BCUT2D eigenvalue weighted by Gasteiger charge is 2.44. The molecular formula is C76H137NO10. The van der Waals surface area contributed by atoms with E-state index in [4.69, 9.17) is 14.2 Å². The van der Waals surface area contributed by atoms with Gasteiger partial charge in [-0.05, 0) is 109 Å². The normalized spacial score (nSPS) is 18.3. The molecule has 1 heterocycles. The van der Waals surface area contributed by atoms with Crippen molar-refractivity contribution < 1.29 is 49.3 Å². The molecule has 0 aromatic rings. The van der Waals surface area contributed by atoms with E-state index >= 15 is 0 Å². The van der Waals surface area contributed by atoms with Gasteiger partial charge in [0, 0.05) is 12.8 Å². The summed E-state index contributed by atoms with van der Waals surface area (Å²) in [5, 5.41) is 54.4. The van der Waals surface area contributed by atoms with Crippen LogP contribution in [0.1, 0.15) is 335 Å². The van der Waals surface area contributed by atoms with Crippen molar-refractivity contribution in [2.45, 2.75) is 378 Å². The number of hydrogen-bond donors (Lipinski definition) is 6. The molecule has 7 atom stereocenters. The molecule has 1 fully saturated rings. The van der Waals surface area contributed by atoms with Crippen LogP contribution in [0.15, 0.2) is 72.9 Å². The Morgan fingerprint density at radius 1 is 0.425 bits per heavy atom. The summed E-state index contributed by atoms with van der Waals surface area (Å²) in [5.74, 6) is -0.196. The summed E-state index contributed by atoms with van der Waals surface area (Å²) in [4.78, 5) is 25.1. The Morgan fingerprint density at radius 3 is 1.24 bits per heavy atom. The monoisotopic (exact) mass is 1220 g/mol. The van der Waals surface area contributed by atoms with Crippen LogP contribution in [0.2, 0.25) is 0 Å². The van der Waals surface area contributed by atoms with E-state index in [0.29, 0.717) is 19.4 Å². The fourth-order valence-corrected chi connectivity index (χ4v) is 11.2. The summed E-state index contributed by atoms with van der Waals surface area (Å²) in [6.45, 7) is 4.27. The first kappa shape index (κ1) is 82.1. The lowest BCUT2D eigenvalue weighted by Crippen LogP contribution is -2.60. The van der Waals surface area contributed by atoms with Crippen LogP contribution < -0.4 is 5.32 Å². The highest BCUT2D eigenvalue weighted by Crippen LogP contribution is 2.23. The number of unbranched alkanes of at least 4 members (excludes halogenated alkanes) is 40. The fourth-order valence-electron chi connectivity index (χ4n) is 11.2. The summed E-state index contributed by atoms with van der Waals surface area (Å²) in [5.41, 5.74) is 0. The van der Waals surface area contributed by atoms with E-state index in [9.17, 15) is 35.1 Å². The van der Waals surface area contributed by atoms with Crippen LogP contribution in [0.25, 0.3) is 0 Å². The van der Waals surface area contributed by atoms with Crippen LogP contribution in [-0.2, 0) is 23.8 Å². The molecule has 0 saturated carbocycles. The number of rotatable bonds is 64. The second kappa shape index (κ2) is 64.6. The van der Waals surface area contributed by atoms with Gasteiger partial charge in [-0.15, -0.1) is 0 Å². The minimum Gasteiger partial charge on any atom is -0.466 e. The van der Waals surface area contributed by atoms with Gasteiger partial charge in [0.05, 0.1) is 32.0 Å². The number of aliphatic hydroxyl groups excluding tert-OH is 5. The van der Waals surface area contributed by atoms with Gasteiger partial charge in [0.2, 0.25) is 5.91 Å². The molecule has 1 amide bonds. The molecule has 0 bridgehead atoms. The van der Waals surface area contributed by atoms with Gasteiger partial charge in [-0.25, -0.2) is 0 Å². The molecule has 11 heteroatoms. The second-order valence-electron chi connectivity index (χ2n) is 25.3. The number of amides is 1. The van der Waals surface area contributed by atoms with Gasteiger partial charge in [0.1, 0.15) is 24.4 Å². The predicted molar refractivity (Wildman–Crippen MR) is 366 cm³/mol. The van der Waals surface area contributed by atoms with Crippen molar-refractivity contribution in [3.05, 3.63) is 72.9 Å². The molecule has 0 aromatic carbocycles. The number of aliphatic hydroxyl groups is 5. The largest absolute Gasteiger partial charge is 0.466 e. The molecule has 1 aliphatic rings. The fraction of sp³-hybridized carbons (Fsp3) is 0.816. The van der Waals surface area contributed by atoms with Gasteiger partial charge in [-0.1, -0.05) is 286 Å². The maximum atomic E-state index is 13.1. The quantitative estimate of drug-likeness (QED) is 0.0195. The number of ether oxygens (including phenoxy) is 3. The van der Waals surface area contributed by atoms with Crippen LogP contribution in [-0.4, -0.2) is 100 Å². The molecule has 0 radical (unpaired) electrons. The zero-order valence-electron chi connectivity index (χ0n) is 56.2. The molecule has 11 nitrogen and oxygen atoms in total. The minimum atomic E-state index is -1.58. The first-order valence-corrected chi connectivity index (χ1v) is 36.7. The molecule has 1 aliphatic heterocycles. The third kappa shape index (κ3) is 53.5. The third-order valence-corrected chi connectivity index (χ3v) is 17.0. The van der Waals surface area contributed by atoms with E-state index in [2.05, 4.69) is 79.9 Å². The Hall–Kier alpha value is -2.90. The first-order valence-electron chi connectivity index (χ1n) is 36.7. The average Bonchev–Trinajstić information content (AvgIpc) is 1.87. The maximum Gasteiger partial charge on any atom is 0.305 e. The average molecular weight is 1220 g/mol. The Kier molecular flexibility index (Phi) is 61.0. The molecule has 0 aromatic heterocycles. The van der Waals surface area contributed by atoms with E-state index < -0.39 is 49.5 Å². The van der Waals surface area contributed by atoms with Crippen molar-refractivity contribution in [1.82, 2.24) is 5.32 Å². The van der Waals surface area contributed by atoms with Crippen molar-refractivity contribution >= 4 is 11.9 Å². The summed E-state index contributed by atoms with van der Waals surface area (Å²) < 4.78 is 16.7. The van der Waals surface area contributed by atoms with Gasteiger partial charge in [0.25, 0.3) is 0 Å². The summed E-state index contributed by atoms with van der Waals surface area (Å²) in [7, 11) is 0. The van der Waals surface area contributed by atoms with Crippen molar-refractivity contribution in [3.8, 4) is 0 Å². The zero-order valence-corrected chi connectivity index (χ0v) is 56.2. The van der Waals surface area contributed by atoms with Gasteiger partial charge >= 0.3 is 5.97 Å². The van der Waals surface area contributed by atoms with Crippen LogP contribution in [0, 0.1) is 0 Å². The molecule has 87 heavy (non-hydrogen) atoms. The van der Waals surface area contributed by atoms with Crippen molar-refractivity contribution in [2.75, 3.05) is 19.8 Å². The Balaban J connectivity index is 1.95. The third-order valence-electron chi connectivity index (χ3n) is 17.0. The van der Waals surface area contributed by atoms with E-state index in [-0.39, 0.29) is 18.5 Å². The highest BCUT2D eigenvalue weighted by molar-refractivity contribution is 5.76. The number of carbonyl (C=O) groups is 2. The van der Waals surface area contributed by atoms with Gasteiger partial charge in [-0.2, -0.15) is 0 Å². The first-order chi connectivity index (χ1) is 42.7. The van der Waals surface area contributed by atoms with Crippen molar-refractivity contribution in [2.24, 2.45) is 0 Å². The molecule has 1 rings (SSSR count). The Morgan fingerprint density at radius 2 is 0.793 bits per heavy atom. The lowest BCUT2D eigenvalue weighted by molar-refractivity contribution is -0.302. The van der Waals surface area contributed by atoms with E-state index in [1.807, 2.05) is 6.08 Å². The SMILES string of the molecule is CCCC/C=C/CC/C=C/CC/C=C/C(O)C(COC1OC(CO)C(O)C(O)C1O)NC(=O)CCCCCCCCCCCCCCCCCCC/C=C\C/C=C\CCCCCCCCCCCCCOC(=O)CCCCCCC/C=C\CCCCC. The lowest BCUT2D eigenvalue weighted by atomic mass is 9.99. The molecule has 6 N–H and O–H groups in total. The molecule has 0 aliphatic carbocycles. The Labute approximate surface area is 534 Å². The minimum absolute atomic E-state index is 0.000756. The lowest BCUT2D eigenvalue weighted by Gasteiger charge is -2.40. The van der Waals surface area contributed by atoms with Crippen LogP contribution in [0.4, 0.5) is 0 Å². The Bertz CT molecular complexity index is 1680. The van der Waals surface area contributed by atoms with Gasteiger partial charge in [-0.3, -0.25) is 9.59 Å². The van der Waals surface area contributed by atoms with Crippen LogP contribution in [0.5, 0.6) is 0 Å². The highest BCUT2D eigenvalue weighted by atomic mass is 16.7. The number of carbonyl (C=O) groups excluding carboxylic acids is 2. The van der Waals surface area contributed by atoms with Crippen molar-refractivity contribution in [3.63, 3.8) is 0 Å². The zero-order chi connectivity index (χ0) is 63.0. The summed E-state index contributed by atoms with van der Waals surface area (Å²) in [6.07, 6.45) is 77.7. The van der Waals surface area contributed by atoms with Gasteiger partial charge < -0.3 is 45.1 Å². The summed E-state index contributed by atoms with van der Waals surface area (Å²) in [6, 6.07) is -0.834. The van der Waals surface area contributed by atoms with Gasteiger partial charge in [0.15, 0.2) is 6.29 Å². The maximum absolute atomic E-state index is 13.1. The molecule has 0 spiro atoms. The van der Waals surface area contributed by atoms with Crippen molar-refractivity contribution in [1.29, 1.82) is 0 Å².